The number of rotatable bonds is 3. The summed E-state index contributed by atoms with van der Waals surface area (Å²) in [6, 6.07) is 6.05. The largest absolute Gasteiger partial charge is 0.364 e. The maximum absolute atomic E-state index is 13.2. The van der Waals surface area contributed by atoms with Crippen molar-refractivity contribution in [2.45, 2.75) is 0 Å². The lowest BCUT2D eigenvalue weighted by Crippen LogP contribution is -2.21. The van der Waals surface area contributed by atoms with Crippen LogP contribution in [0.5, 0.6) is 0 Å². The number of anilines is 1. The van der Waals surface area contributed by atoms with Gasteiger partial charge in [0.15, 0.2) is 0 Å². The molecule has 0 spiro atoms. The Morgan fingerprint density at radius 1 is 1.47 bits per heavy atom. The fourth-order valence-corrected chi connectivity index (χ4v) is 1.77. The van der Waals surface area contributed by atoms with E-state index < -0.39 is 5.82 Å². The highest BCUT2D eigenvalue weighted by Gasteiger charge is 2.08. The molecule has 17 heavy (non-hydrogen) atoms. The van der Waals surface area contributed by atoms with Crippen LogP contribution in [-0.4, -0.2) is 35.0 Å². The molecular weight excluding hydrogens is 259 g/mol. The van der Waals surface area contributed by atoms with Gasteiger partial charge in [-0.1, -0.05) is 36.1 Å². The zero-order chi connectivity index (χ0) is 12.8. The second kappa shape index (κ2) is 6.56. The molecule has 0 bridgehead atoms. The number of carbonyl (C=O) groups excluding carboxylic acids is 1. The number of thioether (sulfide) groups is 1. The van der Waals surface area contributed by atoms with Crippen molar-refractivity contribution in [2.24, 2.45) is 0 Å². The van der Waals surface area contributed by atoms with Crippen molar-refractivity contribution in [1.29, 1.82) is 0 Å². The fraction of sp³-hybridized carbons (Fsp3) is 0.273. The van der Waals surface area contributed by atoms with E-state index in [0.717, 1.165) is 0 Å². The molecule has 92 valence electrons. The van der Waals surface area contributed by atoms with Gasteiger partial charge in [0.1, 0.15) is 10.1 Å². The molecular formula is C11H13FN2OS2. The Bertz CT molecular complexity index is 424. The number of benzene rings is 1. The summed E-state index contributed by atoms with van der Waals surface area (Å²) in [5.74, 6) is -0.545. The van der Waals surface area contributed by atoms with E-state index in [-0.39, 0.29) is 17.3 Å². The van der Waals surface area contributed by atoms with Crippen molar-refractivity contribution in [2.75, 3.05) is 25.2 Å². The van der Waals surface area contributed by atoms with Gasteiger partial charge in [-0.3, -0.25) is 4.79 Å². The fourth-order valence-electron chi connectivity index (χ4n) is 1.01. The maximum Gasteiger partial charge on any atom is 0.234 e. The van der Waals surface area contributed by atoms with Gasteiger partial charge in [-0.25, -0.2) is 4.39 Å². The summed E-state index contributed by atoms with van der Waals surface area (Å²) in [4.78, 5) is 13.3. The van der Waals surface area contributed by atoms with Gasteiger partial charge in [0.05, 0.1) is 11.4 Å². The number of hydrogen-bond acceptors (Lipinski definition) is 3. The molecule has 0 fully saturated rings. The minimum absolute atomic E-state index is 0.172. The first kappa shape index (κ1) is 13.9. The lowest BCUT2D eigenvalue weighted by atomic mass is 10.3. The van der Waals surface area contributed by atoms with E-state index in [1.165, 1.54) is 23.9 Å². The van der Waals surface area contributed by atoms with Crippen molar-refractivity contribution in [1.82, 2.24) is 4.90 Å². The molecule has 0 saturated carbocycles. The highest BCUT2D eigenvalue weighted by Crippen LogP contribution is 2.13. The van der Waals surface area contributed by atoms with Crippen LogP contribution in [0.3, 0.4) is 0 Å². The third-order valence-corrected chi connectivity index (χ3v) is 3.58. The topological polar surface area (TPSA) is 32.3 Å². The predicted octanol–water partition coefficient (Wildman–Crippen LogP) is 2.34. The second-order valence-corrected chi connectivity index (χ2v) is 5.09. The van der Waals surface area contributed by atoms with Gasteiger partial charge >= 0.3 is 0 Å². The second-order valence-electron chi connectivity index (χ2n) is 3.48. The highest BCUT2D eigenvalue weighted by atomic mass is 32.2. The summed E-state index contributed by atoms with van der Waals surface area (Å²) < 4.78 is 13.8. The first-order valence-electron chi connectivity index (χ1n) is 4.89. The van der Waals surface area contributed by atoms with E-state index in [2.05, 4.69) is 5.32 Å². The molecule has 0 aliphatic carbocycles. The van der Waals surface area contributed by atoms with Crippen LogP contribution >= 0.6 is 24.0 Å². The summed E-state index contributed by atoms with van der Waals surface area (Å²) in [5, 5.41) is 2.49. The van der Waals surface area contributed by atoms with E-state index in [1.807, 2.05) is 14.1 Å². The Hall–Kier alpha value is -1.14. The lowest BCUT2D eigenvalue weighted by molar-refractivity contribution is -0.113. The van der Waals surface area contributed by atoms with Gasteiger partial charge in [-0.2, -0.15) is 0 Å². The van der Waals surface area contributed by atoms with E-state index in [1.54, 1.807) is 17.0 Å². The molecule has 0 heterocycles. The Morgan fingerprint density at radius 3 is 2.71 bits per heavy atom. The molecule has 1 N–H and O–H groups in total. The molecule has 0 unspecified atom stereocenters. The van der Waals surface area contributed by atoms with Gasteiger partial charge in [0.25, 0.3) is 0 Å². The summed E-state index contributed by atoms with van der Waals surface area (Å²) in [6.45, 7) is 0. The Labute approximate surface area is 109 Å². The van der Waals surface area contributed by atoms with Crippen LogP contribution in [0.4, 0.5) is 10.1 Å². The number of carbonyl (C=O) groups is 1. The molecule has 1 rings (SSSR count). The third-order valence-electron chi connectivity index (χ3n) is 1.84. The van der Waals surface area contributed by atoms with Gasteiger partial charge in [0, 0.05) is 14.1 Å². The van der Waals surface area contributed by atoms with Crippen molar-refractivity contribution in [3.8, 4) is 0 Å². The molecule has 1 aromatic rings. The molecule has 0 saturated heterocycles. The van der Waals surface area contributed by atoms with Crippen LogP contribution in [0, 0.1) is 5.82 Å². The zero-order valence-corrected chi connectivity index (χ0v) is 11.2. The minimum Gasteiger partial charge on any atom is -0.364 e. The molecule has 0 aromatic heterocycles. The van der Waals surface area contributed by atoms with Crippen molar-refractivity contribution < 1.29 is 9.18 Å². The van der Waals surface area contributed by atoms with Crippen LogP contribution in [0.15, 0.2) is 24.3 Å². The number of para-hydroxylation sites is 1. The van der Waals surface area contributed by atoms with Gasteiger partial charge in [0.2, 0.25) is 5.91 Å². The first-order valence-corrected chi connectivity index (χ1v) is 6.28. The lowest BCUT2D eigenvalue weighted by Gasteiger charge is -2.12. The summed E-state index contributed by atoms with van der Waals surface area (Å²) in [6.07, 6.45) is 0. The van der Waals surface area contributed by atoms with Crippen LogP contribution in [0.1, 0.15) is 0 Å². The molecule has 6 heteroatoms. The summed E-state index contributed by atoms with van der Waals surface area (Å²) in [7, 11) is 3.62. The smallest absolute Gasteiger partial charge is 0.234 e. The zero-order valence-electron chi connectivity index (χ0n) is 9.57. The maximum atomic E-state index is 13.2. The van der Waals surface area contributed by atoms with E-state index in [9.17, 15) is 9.18 Å². The van der Waals surface area contributed by atoms with E-state index in [0.29, 0.717) is 4.32 Å². The summed E-state index contributed by atoms with van der Waals surface area (Å²) >= 11 is 6.26. The molecule has 0 radical (unpaired) electrons. The monoisotopic (exact) mass is 272 g/mol. The molecule has 1 amide bonds. The Kier molecular flexibility index (Phi) is 5.37. The SMILES string of the molecule is CN(C)C(=S)SCC(=O)Nc1ccccc1F. The quantitative estimate of drug-likeness (QED) is 0.856. The van der Waals surface area contributed by atoms with Crippen molar-refractivity contribution in [3.63, 3.8) is 0 Å². The van der Waals surface area contributed by atoms with Crippen LogP contribution < -0.4 is 5.32 Å². The van der Waals surface area contributed by atoms with Crippen LogP contribution in [0.2, 0.25) is 0 Å². The van der Waals surface area contributed by atoms with E-state index in [4.69, 9.17) is 12.2 Å². The van der Waals surface area contributed by atoms with Crippen LogP contribution in [-0.2, 0) is 4.79 Å². The molecule has 1 aromatic carbocycles. The van der Waals surface area contributed by atoms with Crippen LogP contribution in [0.25, 0.3) is 0 Å². The Balaban J connectivity index is 2.46. The first-order chi connectivity index (χ1) is 8.00. The van der Waals surface area contributed by atoms with E-state index >= 15 is 0 Å². The van der Waals surface area contributed by atoms with Gasteiger partial charge in [-0.05, 0) is 12.1 Å². The summed E-state index contributed by atoms with van der Waals surface area (Å²) in [5.41, 5.74) is 0.189. The standard InChI is InChI=1S/C11H13FN2OS2/c1-14(2)11(16)17-7-10(15)13-9-6-4-3-5-8(9)12/h3-6H,7H2,1-2H3,(H,13,15). The number of halogens is 1. The number of nitrogens with one attached hydrogen (secondary N) is 1. The number of nitrogens with zero attached hydrogens (tertiary/aromatic N) is 1. The minimum atomic E-state index is -0.443. The van der Waals surface area contributed by atoms with Crippen molar-refractivity contribution >= 4 is 39.9 Å². The van der Waals surface area contributed by atoms with Gasteiger partial charge in [-0.15, -0.1) is 0 Å². The number of hydrogen-bond donors (Lipinski definition) is 1. The average molecular weight is 272 g/mol. The predicted molar refractivity (Wildman–Crippen MR) is 73.8 cm³/mol. The molecule has 0 aliphatic rings. The normalized spacial score (nSPS) is 9.82. The third kappa shape index (κ3) is 4.70. The molecule has 0 atom stereocenters. The molecule has 0 aliphatic heterocycles. The Morgan fingerprint density at radius 2 is 2.12 bits per heavy atom. The average Bonchev–Trinajstić information content (AvgIpc) is 2.29. The number of amides is 1. The number of thiocarbonyl (C=S) groups is 1. The van der Waals surface area contributed by atoms with Gasteiger partial charge < -0.3 is 10.2 Å². The molecule has 3 nitrogen and oxygen atoms in total. The van der Waals surface area contributed by atoms with Crippen molar-refractivity contribution in [3.05, 3.63) is 30.1 Å². The highest BCUT2D eigenvalue weighted by molar-refractivity contribution is 8.23.